The summed E-state index contributed by atoms with van der Waals surface area (Å²) in [6, 6.07) is 3.47. The first-order valence-corrected chi connectivity index (χ1v) is 7.15. The van der Waals surface area contributed by atoms with Crippen molar-refractivity contribution in [2.75, 3.05) is 19.9 Å². The zero-order valence-corrected chi connectivity index (χ0v) is 12.6. The fraction of sp³-hybridized carbons (Fsp3) is 0.500. The predicted octanol–water partition coefficient (Wildman–Crippen LogP) is 3.07. The number of halogens is 1. The molecule has 0 aliphatic rings. The van der Waals surface area contributed by atoms with Gasteiger partial charge in [0.05, 0.1) is 13.5 Å². The van der Waals surface area contributed by atoms with Crippen LogP contribution in [0, 0.1) is 12.7 Å². The van der Waals surface area contributed by atoms with Gasteiger partial charge in [-0.3, -0.25) is 4.79 Å². The van der Waals surface area contributed by atoms with Crippen molar-refractivity contribution >= 4 is 17.7 Å². The van der Waals surface area contributed by atoms with Crippen molar-refractivity contribution < 1.29 is 13.9 Å². The number of esters is 1. The largest absolute Gasteiger partial charge is 0.469 e. The highest BCUT2D eigenvalue weighted by Gasteiger charge is 2.13. The molecule has 0 aromatic heterocycles. The van der Waals surface area contributed by atoms with E-state index in [-0.39, 0.29) is 17.8 Å². The van der Waals surface area contributed by atoms with Gasteiger partial charge in [0.15, 0.2) is 0 Å². The Bertz CT molecular complexity index is 451. The Morgan fingerprint density at radius 1 is 1.53 bits per heavy atom. The van der Waals surface area contributed by atoms with Crippen molar-refractivity contribution in [1.29, 1.82) is 0 Å². The van der Waals surface area contributed by atoms with Crippen molar-refractivity contribution in [3.63, 3.8) is 0 Å². The lowest BCUT2D eigenvalue weighted by Gasteiger charge is -2.16. The lowest BCUT2D eigenvalue weighted by molar-refractivity contribution is -0.140. The van der Waals surface area contributed by atoms with Gasteiger partial charge in [-0.05, 0) is 44.2 Å². The molecule has 1 aromatic rings. The SMILES string of the molecule is CNC(C)c1cc(F)c(C)cc1SCCC(=O)OC. The fourth-order valence-electron chi connectivity index (χ4n) is 1.64. The van der Waals surface area contributed by atoms with Crippen LogP contribution in [0.3, 0.4) is 0 Å². The summed E-state index contributed by atoms with van der Waals surface area (Å²) >= 11 is 1.55. The van der Waals surface area contributed by atoms with E-state index in [9.17, 15) is 9.18 Å². The second-order valence-corrected chi connectivity index (χ2v) is 5.46. The van der Waals surface area contributed by atoms with Gasteiger partial charge >= 0.3 is 5.97 Å². The maximum Gasteiger partial charge on any atom is 0.306 e. The normalized spacial score (nSPS) is 12.3. The molecule has 0 heterocycles. The van der Waals surface area contributed by atoms with E-state index in [4.69, 9.17) is 0 Å². The van der Waals surface area contributed by atoms with Gasteiger partial charge in [-0.15, -0.1) is 11.8 Å². The van der Waals surface area contributed by atoms with Gasteiger partial charge in [-0.1, -0.05) is 0 Å². The second kappa shape index (κ2) is 7.50. The second-order valence-electron chi connectivity index (χ2n) is 4.32. The average Bonchev–Trinajstić information content (AvgIpc) is 2.41. The number of carbonyl (C=O) groups excluding carboxylic acids is 1. The smallest absolute Gasteiger partial charge is 0.306 e. The predicted molar refractivity (Wildman–Crippen MR) is 76.0 cm³/mol. The van der Waals surface area contributed by atoms with E-state index in [1.807, 2.05) is 20.0 Å². The zero-order valence-electron chi connectivity index (χ0n) is 11.7. The quantitative estimate of drug-likeness (QED) is 0.644. The van der Waals surface area contributed by atoms with Gasteiger partial charge < -0.3 is 10.1 Å². The Hall–Kier alpha value is -1.07. The van der Waals surface area contributed by atoms with E-state index in [0.29, 0.717) is 17.7 Å². The number of ether oxygens (including phenoxy) is 1. The molecule has 1 N–H and O–H groups in total. The molecular weight excluding hydrogens is 265 g/mol. The monoisotopic (exact) mass is 285 g/mol. The fourth-order valence-corrected chi connectivity index (χ4v) is 2.79. The summed E-state index contributed by atoms with van der Waals surface area (Å²) in [4.78, 5) is 12.1. The molecule has 0 aliphatic heterocycles. The van der Waals surface area contributed by atoms with Crippen LogP contribution in [0.5, 0.6) is 0 Å². The standard InChI is InChI=1S/C14H20FNO2S/c1-9-7-13(19-6-5-14(17)18-4)11(8-12(9)15)10(2)16-3/h7-8,10,16H,5-6H2,1-4H3. The number of benzene rings is 1. The maximum atomic E-state index is 13.6. The molecule has 0 saturated carbocycles. The van der Waals surface area contributed by atoms with Crippen LogP contribution in [0.2, 0.25) is 0 Å². The molecule has 1 aromatic carbocycles. The molecule has 0 radical (unpaired) electrons. The van der Waals surface area contributed by atoms with Crippen molar-refractivity contribution in [2.45, 2.75) is 31.2 Å². The Labute approximate surface area is 117 Å². The van der Waals surface area contributed by atoms with Gasteiger partial charge in [0.1, 0.15) is 5.82 Å². The highest BCUT2D eigenvalue weighted by molar-refractivity contribution is 7.99. The highest BCUT2D eigenvalue weighted by Crippen LogP contribution is 2.30. The van der Waals surface area contributed by atoms with Crippen LogP contribution in [-0.2, 0) is 9.53 Å². The third-order valence-corrected chi connectivity index (χ3v) is 4.05. The summed E-state index contributed by atoms with van der Waals surface area (Å²) in [5, 5.41) is 3.11. The lowest BCUT2D eigenvalue weighted by Crippen LogP contribution is -2.14. The minimum Gasteiger partial charge on any atom is -0.469 e. The molecule has 1 rings (SSSR count). The highest BCUT2D eigenvalue weighted by atomic mass is 32.2. The molecule has 0 aliphatic carbocycles. The zero-order chi connectivity index (χ0) is 14.4. The van der Waals surface area contributed by atoms with Crippen LogP contribution < -0.4 is 5.32 Å². The van der Waals surface area contributed by atoms with E-state index in [2.05, 4.69) is 10.1 Å². The van der Waals surface area contributed by atoms with Crippen molar-refractivity contribution in [3.8, 4) is 0 Å². The van der Waals surface area contributed by atoms with Gasteiger partial charge in [0.25, 0.3) is 0 Å². The first-order valence-electron chi connectivity index (χ1n) is 6.16. The minimum atomic E-state index is -0.227. The van der Waals surface area contributed by atoms with E-state index in [1.165, 1.54) is 7.11 Å². The molecular formula is C14H20FNO2S. The van der Waals surface area contributed by atoms with Gasteiger partial charge in [0.2, 0.25) is 0 Å². The van der Waals surface area contributed by atoms with Gasteiger partial charge in [0, 0.05) is 16.7 Å². The van der Waals surface area contributed by atoms with E-state index < -0.39 is 0 Å². The van der Waals surface area contributed by atoms with Crippen LogP contribution >= 0.6 is 11.8 Å². The van der Waals surface area contributed by atoms with E-state index in [0.717, 1.165) is 10.5 Å². The number of aryl methyl sites for hydroxylation is 1. The van der Waals surface area contributed by atoms with Crippen LogP contribution in [0.4, 0.5) is 4.39 Å². The topological polar surface area (TPSA) is 38.3 Å². The summed E-state index contributed by atoms with van der Waals surface area (Å²) in [7, 11) is 3.22. The Kier molecular flexibility index (Phi) is 6.31. The Balaban J connectivity index is 2.85. The number of methoxy groups -OCH3 is 1. The molecule has 19 heavy (non-hydrogen) atoms. The third kappa shape index (κ3) is 4.51. The summed E-state index contributed by atoms with van der Waals surface area (Å²) in [5.74, 6) is 0.199. The first kappa shape index (κ1) is 16.0. The molecule has 1 unspecified atom stereocenters. The summed E-state index contributed by atoms with van der Waals surface area (Å²) in [5.41, 5.74) is 1.54. The molecule has 0 saturated heterocycles. The molecule has 0 amide bonds. The van der Waals surface area contributed by atoms with Crippen molar-refractivity contribution in [2.24, 2.45) is 0 Å². The van der Waals surface area contributed by atoms with Gasteiger partial charge in [-0.2, -0.15) is 0 Å². The molecule has 1 atom stereocenters. The number of carbonyl (C=O) groups is 1. The number of nitrogens with one attached hydrogen (secondary N) is 1. The number of hydrogen-bond acceptors (Lipinski definition) is 4. The maximum absolute atomic E-state index is 13.6. The molecule has 0 fully saturated rings. The first-order chi connectivity index (χ1) is 8.99. The minimum absolute atomic E-state index is 0.0655. The Morgan fingerprint density at radius 3 is 2.79 bits per heavy atom. The van der Waals surface area contributed by atoms with Crippen LogP contribution in [0.1, 0.15) is 30.5 Å². The van der Waals surface area contributed by atoms with Crippen LogP contribution in [0.25, 0.3) is 0 Å². The molecule has 0 bridgehead atoms. The molecule has 0 spiro atoms. The number of rotatable bonds is 6. The summed E-state index contributed by atoms with van der Waals surface area (Å²) < 4.78 is 18.3. The molecule has 5 heteroatoms. The van der Waals surface area contributed by atoms with E-state index in [1.54, 1.807) is 24.8 Å². The third-order valence-electron chi connectivity index (χ3n) is 2.98. The van der Waals surface area contributed by atoms with Gasteiger partial charge in [-0.25, -0.2) is 4.39 Å². The lowest BCUT2D eigenvalue weighted by atomic mass is 10.1. The average molecular weight is 285 g/mol. The summed E-state index contributed by atoms with van der Waals surface area (Å²) in [6.07, 6.45) is 0.352. The van der Waals surface area contributed by atoms with Crippen molar-refractivity contribution in [3.05, 3.63) is 29.1 Å². The van der Waals surface area contributed by atoms with E-state index >= 15 is 0 Å². The Morgan fingerprint density at radius 2 is 2.21 bits per heavy atom. The molecule has 3 nitrogen and oxygen atoms in total. The van der Waals surface area contributed by atoms with Crippen molar-refractivity contribution in [1.82, 2.24) is 5.32 Å². The number of hydrogen-bond donors (Lipinski definition) is 1. The molecule has 106 valence electrons. The van der Waals surface area contributed by atoms with Crippen LogP contribution in [-0.4, -0.2) is 25.9 Å². The van der Waals surface area contributed by atoms with Crippen LogP contribution in [0.15, 0.2) is 17.0 Å². The summed E-state index contributed by atoms with van der Waals surface area (Å²) in [6.45, 7) is 3.72. The number of thioether (sulfide) groups is 1.